The lowest BCUT2D eigenvalue weighted by atomic mass is 9.65. The Morgan fingerprint density at radius 2 is 2.11 bits per heavy atom. The summed E-state index contributed by atoms with van der Waals surface area (Å²) < 4.78 is 0. The summed E-state index contributed by atoms with van der Waals surface area (Å²) in [6.45, 7) is 7.63. The third kappa shape index (κ3) is 3.31. The number of rotatable bonds is 4. The fraction of sp³-hybridized carbons (Fsp3) is 0.526. The van der Waals surface area contributed by atoms with Crippen molar-refractivity contribution in [2.75, 3.05) is 16.8 Å². The van der Waals surface area contributed by atoms with E-state index in [1.807, 2.05) is 0 Å². The summed E-state index contributed by atoms with van der Waals surface area (Å²) in [4.78, 5) is 26.2. The summed E-state index contributed by atoms with van der Waals surface area (Å²) >= 11 is 0. The van der Waals surface area contributed by atoms with Crippen molar-refractivity contribution >= 4 is 23.0 Å². The van der Waals surface area contributed by atoms with Crippen molar-refractivity contribution in [3.05, 3.63) is 41.0 Å². The lowest BCUT2D eigenvalue weighted by molar-refractivity contribution is -0.383. The van der Waals surface area contributed by atoms with Gasteiger partial charge in [0.05, 0.1) is 16.8 Å². The normalized spacial score (nSPS) is 26.0. The number of hydrogen-bond donors (Lipinski definition) is 1. The van der Waals surface area contributed by atoms with Gasteiger partial charge >= 0.3 is 5.69 Å². The minimum atomic E-state index is -0.385. The fourth-order valence-corrected chi connectivity index (χ4v) is 5.12. The van der Waals surface area contributed by atoms with Gasteiger partial charge in [0.1, 0.15) is 6.33 Å². The molecule has 3 heterocycles. The Bertz CT molecular complexity index is 872. The lowest BCUT2D eigenvalue weighted by Crippen LogP contribution is -2.35. The van der Waals surface area contributed by atoms with Crippen LogP contribution in [0.4, 0.5) is 23.0 Å². The minimum absolute atomic E-state index is 0.0738. The highest BCUT2D eigenvalue weighted by atomic mass is 16.6. The van der Waals surface area contributed by atoms with E-state index in [1.165, 1.54) is 6.33 Å². The third-order valence-corrected chi connectivity index (χ3v) is 5.60. The van der Waals surface area contributed by atoms with Crippen molar-refractivity contribution in [3.63, 3.8) is 0 Å². The van der Waals surface area contributed by atoms with E-state index in [9.17, 15) is 10.1 Å². The molecule has 2 unspecified atom stereocenters. The SMILES string of the molecule is CC1(C)CC2CC(C)(CN2c2ncnc(Nc3cccnc3)c2[N+](=O)[O-])C1. The zero-order chi connectivity index (χ0) is 19.2. The molecular weight excluding hydrogens is 344 g/mol. The van der Waals surface area contributed by atoms with Gasteiger partial charge in [0, 0.05) is 18.8 Å². The van der Waals surface area contributed by atoms with Crippen LogP contribution in [0.3, 0.4) is 0 Å². The number of nitro groups is 1. The average Bonchev–Trinajstić information content (AvgIpc) is 2.84. The first-order valence-corrected chi connectivity index (χ1v) is 9.20. The van der Waals surface area contributed by atoms with E-state index in [0.717, 1.165) is 25.8 Å². The van der Waals surface area contributed by atoms with Crippen LogP contribution in [0.2, 0.25) is 0 Å². The molecule has 8 heteroatoms. The van der Waals surface area contributed by atoms with Crippen molar-refractivity contribution in [1.29, 1.82) is 0 Å². The summed E-state index contributed by atoms with van der Waals surface area (Å²) in [6, 6.07) is 3.83. The molecule has 2 aliphatic rings. The molecule has 142 valence electrons. The summed E-state index contributed by atoms with van der Waals surface area (Å²) in [5, 5.41) is 15.0. The van der Waals surface area contributed by atoms with Crippen LogP contribution in [0.1, 0.15) is 40.0 Å². The molecule has 1 N–H and O–H groups in total. The maximum absolute atomic E-state index is 11.9. The zero-order valence-corrected chi connectivity index (χ0v) is 15.8. The molecule has 1 aliphatic carbocycles. The highest BCUT2D eigenvalue weighted by Crippen LogP contribution is 2.54. The average molecular weight is 368 g/mol. The predicted octanol–water partition coefficient (Wildman–Crippen LogP) is 3.93. The molecule has 0 amide bonds. The number of nitrogens with zero attached hydrogens (tertiary/aromatic N) is 5. The zero-order valence-electron chi connectivity index (χ0n) is 15.8. The Hall–Kier alpha value is -2.77. The molecule has 0 radical (unpaired) electrons. The van der Waals surface area contributed by atoms with E-state index in [1.54, 1.807) is 24.5 Å². The van der Waals surface area contributed by atoms with Gasteiger partial charge in [0.2, 0.25) is 11.6 Å². The number of anilines is 3. The molecule has 2 bridgehead atoms. The summed E-state index contributed by atoms with van der Waals surface area (Å²) in [7, 11) is 0. The molecule has 1 saturated carbocycles. The first-order chi connectivity index (χ1) is 12.8. The van der Waals surface area contributed by atoms with Crippen LogP contribution in [0.15, 0.2) is 30.9 Å². The Kier molecular flexibility index (Phi) is 4.01. The van der Waals surface area contributed by atoms with E-state index < -0.39 is 0 Å². The second kappa shape index (κ2) is 6.14. The van der Waals surface area contributed by atoms with Gasteiger partial charge in [-0.05, 0) is 42.2 Å². The van der Waals surface area contributed by atoms with Crippen LogP contribution in [0, 0.1) is 20.9 Å². The van der Waals surface area contributed by atoms with E-state index in [2.05, 4.69) is 45.9 Å². The van der Waals surface area contributed by atoms with Crippen molar-refractivity contribution < 1.29 is 4.92 Å². The van der Waals surface area contributed by atoms with Gasteiger partial charge in [-0.3, -0.25) is 15.1 Å². The van der Waals surface area contributed by atoms with Gasteiger partial charge in [0.25, 0.3) is 0 Å². The molecular formula is C19H24N6O2. The van der Waals surface area contributed by atoms with Crippen LogP contribution >= 0.6 is 0 Å². The Labute approximate surface area is 158 Å². The number of nitrogens with one attached hydrogen (secondary N) is 1. The number of pyridine rings is 1. The van der Waals surface area contributed by atoms with Crippen LogP contribution in [-0.2, 0) is 0 Å². The molecule has 8 nitrogen and oxygen atoms in total. The number of aromatic nitrogens is 3. The topological polar surface area (TPSA) is 97.1 Å². The van der Waals surface area contributed by atoms with Crippen LogP contribution in [0.5, 0.6) is 0 Å². The highest BCUT2D eigenvalue weighted by Gasteiger charge is 2.51. The maximum Gasteiger partial charge on any atom is 0.353 e. The van der Waals surface area contributed by atoms with Gasteiger partial charge in [-0.15, -0.1) is 0 Å². The molecule has 27 heavy (non-hydrogen) atoms. The van der Waals surface area contributed by atoms with Crippen LogP contribution in [-0.4, -0.2) is 32.5 Å². The second-order valence-corrected chi connectivity index (χ2v) is 8.86. The molecule has 0 spiro atoms. The first-order valence-electron chi connectivity index (χ1n) is 9.20. The van der Waals surface area contributed by atoms with Crippen LogP contribution < -0.4 is 10.2 Å². The Balaban J connectivity index is 1.73. The first kappa shape index (κ1) is 17.6. The Morgan fingerprint density at radius 3 is 2.81 bits per heavy atom. The standard InChI is InChI=1S/C19H24N6O2/c1-18(2)7-14-8-19(3,10-18)11-24(14)17-15(25(26)27)16(21-12-22-17)23-13-5-4-6-20-9-13/h4-6,9,12,14H,7-8,10-11H2,1-3H3,(H,21,22,23). The molecule has 1 saturated heterocycles. The molecule has 4 rings (SSSR count). The van der Waals surface area contributed by atoms with E-state index in [0.29, 0.717) is 11.5 Å². The van der Waals surface area contributed by atoms with E-state index >= 15 is 0 Å². The van der Waals surface area contributed by atoms with E-state index in [-0.39, 0.29) is 33.3 Å². The van der Waals surface area contributed by atoms with Crippen molar-refractivity contribution in [2.24, 2.45) is 10.8 Å². The smallest absolute Gasteiger partial charge is 0.347 e. The fourth-order valence-electron chi connectivity index (χ4n) is 5.12. The third-order valence-electron chi connectivity index (χ3n) is 5.60. The van der Waals surface area contributed by atoms with Gasteiger partial charge < -0.3 is 10.2 Å². The van der Waals surface area contributed by atoms with Crippen molar-refractivity contribution in [1.82, 2.24) is 15.0 Å². The number of hydrogen-bond acceptors (Lipinski definition) is 7. The number of fused-ring (bicyclic) bond motifs is 2. The van der Waals surface area contributed by atoms with Gasteiger partial charge in [-0.1, -0.05) is 20.8 Å². The molecule has 2 atom stereocenters. The highest BCUT2D eigenvalue weighted by molar-refractivity contribution is 5.74. The van der Waals surface area contributed by atoms with Crippen molar-refractivity contribution in [3.8, 4) is 0 Å². The van der Waals surface area contributed by atoms with Gasteiger partial charge in [-0.25, -0.2) is 9.97 Å². The predicted molar refractivity (Wildman–Crippen MR) is 103 cm³/mol. The largest absolute Gasteiger partial charge is 0.353 e. The molecule has 2 aromatic heterocycles. The summed E-state index contributed by atoms with van der Waals surface area (Å²) in [5.41, 5.74) is 0.960. The minimum Gasteiger partial charge on any atom is -0.347 e. The van der Waals surface area contributed by atoms with Crippen molar-refractivity contribution in [2.45, 2.75) is 46.1 Å². The second-order valence-electron chi connectivity index (χ2n) is 8.86. The monoisotopic (exact) mass is 368 g/mol. The molecule has 0 aromatic carbocycles. The maximum atomic E-state index is 11.9. The van der Waals surface area contributed by atoms with Gasteiger partial charge in [0.15, 0.2) is 0 Å². The van der Waals surface area contributed by atoms with Gasteiger partial charge in [-0.2, -0.15) is 0 Å². The lowest BCUT2D eigenvalue weighted by Gasteiger charge is -2.39. The molecule has 2 aromatic rings. The molecule has 2 fully saturated rings. The summed E-state index contributed by atoms with van der Waals surface area (Å²) in [6.07, 6.45) is 7.83. The molecule has 1 aliphatic heterocycles. The quantitative estimate of drug-likeness (QED) is 0.645. The summed E-state index contributed by atoms with van der Waals surface area (Å²) in [5.74, 6) is 0.608. The Morgan fingerprint density at radius 1 is 1.30 bits per heavy atom. The van der Waals surface area contributed by atoms with E-state index in [4.69, 9.17) is 0 Å². The van der Waals surface area contributed by atoms with Crippen LogP contribution in [0.25, 0.3) is 0 Å².